The number of nitrogens with two attached hydrogens (primary N) is 1. The number of anilines is 5. The first-order valence-electron chi connectivity index (χ1n) is 6.92. The Morgan fingerprint density at radius 1 is 0.783 bits per heavy atom. The van der Waals surface area contributed by atoms with Crippen molar-refractivity contribution >= 4 is 44.6 Å². The largest absolute Gasteiger partial charge is 0.393 e. The fourth-order valence-corrected chi connectivity index (χ4v) is 2.18. The SMILES string of the molecule is Nc1c(NNc2ccccc2)ncnc1Nc1ccc(Br)cc1. The van der Waals surface area contributed by atoms with Gasteiger partial charge in [0.15, 0.2) is 11.6 Å². The van der Waals surface area contributed by atoms with Crippen LogP contribution < -0.4 is 21.9 Å². The van der Waals surface area contributed by atoms with Crippen molar-refractivity contribution in [3.63, 3.8) is 0 Å². The van der Waals surface area contributed by atoms with Crippen LogP contribution in [0.5, 0.6) is 0 Å². The van der Waals surface area contributed by atoms with Crippen LogP contribution in [-0.4, -0.2) is 9.97 Å². The average molecular weight is 371 g/mol. The molecule has 0 radical (unpaired) electrons. The highest BCUT2D eigenvalue weighted by Crippen LogP contribution is 2.26. The molecule has 0 aliphatic carbocycles. The minimum absolute atomic E-state index is 0.429. The van der Waals surface area contributed by atoms with Crippen molar-refractivity contribution in [1.29, 1.82) is 0 Å². The summed E-state index contributed by atoms with van der Waals surface area (Å²) >= 11 is 3.40. The third-order valence-corrected chi connectivity index (χ3v) is 3.62. The van der Waals surface area contributed by atoms with E-state index < -0.39 is 0 Å². The maximum atomic E-state index is 6.13. The lowest BCUT2D eigenvalue weighted by Crippen LogP contribution is -2.13. The minimum Gasteiger partial charge on any atom is -0.393 e. The van der Waals surface area contributed by atoms with Crippen molar-refractivity contribution in [2.45, 2.75) is 0 Å². The fourth-order valence-electron chi connectivity index (χ4n) is 1.92. The van der Waals surface area contributed by atoms with Crippen LogP contribution in [0.15, 0.2) is 65.4 Å². The molecule has 5 N–H and O–H groups in total. The molecule has 0 fully saturated rings. The van der Waals surface area contributed by atoms with Crippen molar-refractivity contribution < 1.29 is 0 Å². The summed E-state index contributed by atoms with van der Waals surface area (Å²) in [5.74, 6) is 1.04. The Morgan fingerprint density at radius 3 is 2.22 bits per heavy atom. The number of nitrogen functional groups attached to an aromatic ring is 1. The fraction of sp³-hybridized carbons (Fsp3) is 0. The quantitative estimate of drug-likeness (QED) is 0.507. The molecule has 0 bridgehead atoms. The first kappa shape index (κ1) is 15.1. The van der Waals surface area contributed by atoms with Gasteiger partial charge < -0.3 is 11.1 Å². The van der Waals surface area contributed by atoms with Gasteiger partial charge in [0, 0.05) is 10.2 Å². The van der Waals surface area contributed by atoms with Crippen LogP contribution in [-0.2, 0) is 0 Å². The van der Waals surface area contributed by atoms with E-state index in [-0.39, 0.29) is 0 Å². The maximum absolute atomic E-state index is 6.13. The number of hydrogen-bond acceptors (Lipinski definition) is 6. The molecule has 0 atom stereocenters. The van der Waals surface area contributed by atoms with E-state index in [1.54, 1.807) is 0 Å². The molecular formula is C16H15BrN6. The van der Waals surface area contributed by atoms with E-state index in [2.05, 4.69) is 42.1 Å². The molecule has 3 rings (SSSR count). The highest BCUT2D eigenvalue weighted by atomic mass is 79.9. The summed E-state index contributed by atoms with van der Waals surface area (Å²) in [7, 11) is 0. The van der Waals surface area contributed by atoms with Gasteiger partial charge in [-0.3, -0.25) is 10.9 Å². The van der Waals surface area contributed by atoms with E-state index in [0.29, 0.717) is 17.3 Å². The van der Waals surface area contributed by atoms with Crippen molar-refractivity contribution in [3.05, 3.63) is 65.4 Å². The van der Waals surface area contributed by atoms with E-state index in [9.17, 15) is 0 Å². The van der Waals surface area contributed by atoms with Gasteiger partial charge in [-0.05, 0) is 36.4 Å². The Kier molecular flexibility index (Phi) is 4.58. The number of aromatic nitrogens is 2. The molecule has 3 aromatic rings. The number of hydrogen-bond donors (Lipinski definition) is 4. The summed E-state index contributed by atoms with van der Waals surface area (Å²) in [4.78, 5) is 8.34. The Hall–Kier alpha value is -2.80. The zero-order chi connectivity index (χ0) is 16.1. The van der Waals surface area contributed by atoms with Crippen LogP contribution in [0, 0.1) is 0 Å². The molecular weight excluding hydrogens is 356 g/mol. The number of halogens is 1. The third kappa shape index (κ3) is 3.89. The normalized spacial score (nSPS) is 10.1. The topological polar surface area (TPSA) is 87.9 Å². The van der Waals surface area contributed by atoms with Crippen molar-refractivity contribution in [3.8, 4) is 0 Å². The summed E-state index contributed by atoms with van der Waals surface area (Å²) in [6, 6.07) is 17.4. The third-order valence-electron chi connectivity index (χ3n) is 3.09. The number of hydrazine groups is 1. The Morgan fingerprint density at radius 2 is 1.48 bits per heavy atom. The van der Waals surface area contributed by atoms with E-state index in [1.807, 2.05) is 54.6 Å². The highest BCUT2D eigenvalue weighted by Gasteiger charge is 2.08. The number of benzene rings is 2. The predicted octanol–water partition coefficient (Wildman–Crippen LogP) is 4.00. The minimum atomic E-state index is 0.429. The zero-order valence-electron chi connectivity index (χ0n) is 12.1. The van der Waals surface area contributed by atoms with E-state index >= 15 is 0 Å². The Labute approximate surface area is 142 Å². The van der Waals surface area contributed by atoms with E-state index in [0.717, 1.165) is 15.8 Å². The van der Waals surface area contributed by atoms with Crippen LogP contribution in [0.2, 0.25) is 0 Å². The molecule has 0 spiro atoms. The van der Waals surface area contributed by atoms with Gasteiger partial charge in [-0.15, -0.1) is 0 Å². The van der Waals surface area contributed by atoms with Crippen LogP contribution in [0.3, 0.4) is 0 Å². The van der Waals surface area contributed by atoms with Gasteiger partial charge in [0.1, 0.15) is 12.0 Å². The lowest BCUT2D eigenvalue weighted by molar-refractivity contribution is 1.16. The molecule has 1 aromatic heterocycles. The number of nitrogens with zero attached hydrogens (tertiary/aromatic N) is 2. The summed E-state index contributed by atoms with van der Waals surface area (Å²) in [5.41, 5.74) is 14.4. The van der Waals surface area contributed by atoms with Gasteiger partial charge in [-0.25, -0.2) is 9.97 Å². The molecule has 1 heterocycles. The molecule has 0 aliphatic heterocycles. The summed E-state index contributed by atoms with van der Waals surface area (Å²) in [6.07, 6.45) is 1.45. The van der Waals surface area contributed by atoms with Crippen LogP contribution in [0.4, 0.5) is 28.7 Å². The molecule has 23 heavy (non-hydrogen) atoms. The maximum Gasteiger partial charge on any atom is 0.173 e. The number of nitrogens with one attached hydrogen (secondary N) is 3. The van der Waals surface area contributed by atoms with Gasteiger partial charge in [0.25, 0.3) is 0 Å². The van der Waals surface area contributed by atoms with Gasteiger partial charge in [0.05, 0.1) is 5.69 Å². The summed E-state index contributed by atoms with van der Waals surface area (Å²) < 4.78 is 1.01. The molecule has 116 valence electrons. The first-order chi connectivity index (χ1) is 11.2. The zero-order valence-corrected chi connectivity index (χ0v) is 13.7. The van der Waals surface area contributed by atoms with Crippen LogP contribution in [0.25, 0.3) is 0 Å². The first-order valence-corrected chi connectivity index (χ1v) is 7.72. The van der Waals surface area contributed by atoms with Gasteiger partial charge >= 0.3 is 0 Å². The molecule has 7 heteroatoms. The second-order valence-corrected chi connectivity index (χ2v) is 5.65. The molecule has 0 saturated carbocycles. The standard InChI is InChI=1S/C16H15BrN6/c17-11-6-8-12(9-7-11)21-15-14(18)16(20-10-19-15)23-22-13-4-2-1-3-5-13/h1-10,22H,18H2,(H2,19,20,21,23). The monoisotopic (exact) mass is 370 g/mol. The van der Waals surface area contributed by atoms with Gasteiger partial charge in [-0.1, -0.05) is 34.1 Å². The molecule has 6 nitrogen and oxygen atoms in total. The van der Waals surface area contributed by atoms with E-state index in [1.165, 1.54) is 6.33 Å². The van der Waals surface area contributed by atoms with Gasteiger partial charge in [-0.2, -0.15) is 0 Å². The second kappa shape index (κ2) is 6.97. The Bertz CT molecular complexity index is 776. The lowest BCUT2D eigenvalue weighted by atomic mass is 10.3. The molecule has 0 unspecified atom stereocenters. The van der Waals surface area contributed by atoms with Crippen molar-refractivity contribution in [2.24, 2.45) is 0 Å². The Balaban J connectivity index is 1.74. The van der Waals surface area contributed by atoms with Crippen LogP contribution in [0.1, 0.15) is 0 Å². The van der Waals surface area contributed by atoms with Crippen molar-refractivity contribution in [1.82, 2.24) is 9.97 Å². The summed E-state index contributed by atoms with van der Waals surface area (Å²) in [6.45, 7) is 0. The second-order valence-electron chi connectivity index (χ2n) is 4.73. The predicted molar refractivity (Wildman–Crippen MR) is 97.6 cm³/mol. The number of rotatable bonds is 5. The molecule has 2 aromatic carbocycles. The van der Waals surface area contributed by atoms with E-state index in [4.69, 9.17) is 5.73 Å². The summed E-state index contributed by atoms with van der Waals surface area (Å²) in [5, 5.41) is 3.17. The highest BCUT2D eigenvalue weighted by molar-refractivity contribution is 9.10. The van der Waals surface area contributed by atoms with Crippen LogP contribution >= 0.6 is 15.9 Å². The molecule has 0 aliphatic rings. The van der Waals surface area contributed by atoms with Crippen molar-refractivity contribution in [2.75, 3.05) is 21.9 Å². The average Bonchev–Trinajstić information content (AvgIpc) is 2.58. The molecule has 0 amide bonds. The lowest BCUT2D eigenvalue weighted by Gasteiger charge is -2.13. The molecule has 0 saturated heterocycles. The number of para-hydroxylation sites is 1. The van der Waals surface area contributed by atoms with Gasteiger partial charge in [0.2, 0.25) is 0 Å². The smallest absolute Gasteiger partial charge is 0.173 e.